The second-order valence-electron chi connectivity index (χ2n) is 5.80. The van der Waals surface area contributed by atoms with Crippen LogP contribution in [0.4, 0.5) is 0 Å². The van der Waals surface area contributed by atoms with E-state index in [0.29, 0.717) is 22.8 Å². The lowest BCUT2D eigenvalue weighted by atomic mass is 10.2. The van der Waals surface area contributed by atoms with Crippen LogP contribution in [0.1, 0.15) is 17.0 Å². The fraction of sp³-hybridized carbons (Fsp3) is 0.211. The van der Waals surface area contributed by atoms with Gasteiger partial charge >= 0.3 is 0 Å². The molecule has 6 nitrogen and oxygen atoms in total. The van der Waals surface area contributed by atoms with Crippen molar-refractivity contribution in [1.82, 2.24) is 9.29 Å². The Morgan fingerprint density at radius 3 is 2.58 bits per heavy atom. The first-order valence-corrected chi connectivity index (χ1v) is 9.52. The topological polar surface area (TPSA) is 72.6 Å². The summed E-state index contributed by atoms with van der Waals surface area (Å²) in [5.41, 5.74) is 1.28. The molecule has 0 bridgehead atoms. The zero-order valence-electron chi connectivity index (χ0n) is 14.6. The third-order valence-corrected chi connectivity index (χ3v) is 5.93. The number of pyridine rings is 1. The van der Waals surface area contributed by atoms with Crippen LogP contribution in [0.25, 0.3) is 0 Å². The molecular weight excluding hydrogens is 352 g/mol. The highest BCUT2D eigenvalue weighted by Crippen LogP contribution is 2.26. The number of hydrogen-bond acceptors (Lipinski definition) is 5. The third-order valence-electron chi connectivity index (χ3n) is 3.98. The minimum atomic E-state index is -3.75. The second kappa shape index (κ2) is 7.72. The maximum Gasteiger partial charge on any atom is 0.244 e. The summed E-state index contributed by atoms with van der Waals surface area (Å²) in [6.07, 6.45) is 3.17. The van der Waals surface area contributed by atoms with Crippen molar-refractivity contribution < 1.29 is 17.6 Å². The molecule has 0 fully saturated rings. The Morgan fingerprint density at radius 2 is 1.96 bits per heavy atom. The fourth-order valence-electron chi connectivity index (χ4n) is 2.65. The van der Waals surface area contributed by atoms with E-state index in [1.54, 1.807) is 62.7 Å². The zero-order chi connectivity index (χ0) is 18.6. The monoisotopic (exact) mass is 372 g/mol. The molecule has 2 heterocycles. The molecule has 0 saturated carbocycles. The molecule has 3 rings (SSSR count). The Hall–Kier alpha value is -2.64. The van der Waals surface area contributed by atoms with Crippen molar-refractivity contribution in [3.8, 4) is 5.75 Å². The summed E-state index contributed by atoms with van der Waals surface area (Å²) < 4.78 is 38.5. The van der Waals surface area contributed by atoms with Gasteiger partial charge in [-0.2, -0.15) is 4.31 Å². The lowest BCUT2D eigenvalue weighted by molar-refractivity contribution is 0.355. The van der Waals surface area contributed by atoms with Gasteiger partial charge in [-0.3, -0.25) is 4.98 Å². The Balaban J connectivity index is 1.98. The molecule has 2 aromatic heterocycles. The molecule has 7 heteroatoms. The van der Waals surface area contributed by atoms with Gasteiger partial charge in [0.15, 0.2) is 0 Å². The Bertz CT molecular complexity index is 954. The van der Waals surface area contributed by atoms with Gasteiger partial charge in [0, 0.05) is 6.20 Å². The minimum absolute atomic E-state index is 0.122. The van der Waals surface area contributed by atoms with Crippen LogP contribution in [0.5, 0.6) is 5.75 Å². The summed E-state index contributed by atoms with van der Waals surface area (Å²) in [6, 6.07) is 13.8. The van der Waals surface area contributed by atoms with Gasteiger partial charge in [-0.15, -0.1) is 0 Å². The van der Waals surface area contributed by atoms with Crippen molar-refractivity contribution in [2.45, 2.75) is 24.9 Å². The third kappa shape index (κ3) is 3.95. The number of nitrogens with zero attached hydrogens (tertiary/aromatic N) is 2. The number of methoxy groups -OCH3 is 1. The van der Waals surface area contributed by atoms with E-state index >= 15 is 0 Å². The molecule has 136 valence electrons. The van der Waals surface area contributed by atoms with E-state index in [1.807, 2.05) is 6.07 Å². The van der Waals surface area contributed by atoms with Gasteiger partial charge in [-0.05, 0) is 55.0 Å². The fourth-order valence-corrected chi connectivity index (χ4v) is 4.24. The summed E-state index contributed by atoms with van der Waals surface area (Å²) >= 11 is 0. The lowest BCUT2D eigenvalue weighted by Gasteiger charge is -2.22. The maximum absolute atomic E-state index is 13.3. The highest BCUT2D eigenvalue weighted by atomic mass is 32.2. The molecule has 0 radical (unpaired) electrons. The number of sulfonamides is 1. The van der Waals surface area contributed by atoms with Crippen LogP contribution in [-0.2, 0) is 23.1 Å². The van der Waals surface area contributed by atoms with E-state index in [9.17, 15) is 8.42 Å². The van der Waals surface area contributed by atoms with Crippen LogP contribution in [0, 0.1) is 6.92 Å². The Kier molecular flexibility index (Phi) is 5.39. The minimum Gasteiger partial charge on any atom is -0.497 e. The molecule has 0 amide bonds. The van der Waals surface area contributed by atoms with Crippen LogP contribution in [0.3, 0.4) is 0 Å². The molecule has 0 unspecified atom stereocenters. The van der Waals surface area contributed by atoms with E-state index in [1.165, 1.54) is 10.6 Å². The van der Waals surface area contributed by atoms with E-state index in [0.717, 1.165) is 0 Å². The summed E-state index contributed by atoms with van der Waals surface area (Å²) in [6.45, 7) is 2.02. The van der Waals surface area contributed by atoms with E-state index < -0.39 is 10.0 Å². The maximum atomic E-state index is 13.3. The van der Waals surface area contributed by atoms with Gasteiger partial charge in [-0.25, -0.2) is 8.42 Å². The molecule has 0 aliphatic carbocycles. The Labute approximate surface area is 153 Å². The van der Waals surface area contributed by atoms with Gasteiger partial charge < -0.3 is 9.15 Å². The van der Waals surface area contributed by atoms with E-state index in [-0.39, 0.29) is 18.0 Å². The number of aryl methyl sites for hydroxylation is 1. The molecule has 3 aromatic rings. The Morgan fingerprint density at radius 1 is 1.12 bits per heavy atom. The largest absolute Gasteiger partial charge is 0.497 e. The van der Waals surface area contributed by atoms with Crippen molar-refractivity contribution >= 4 is 10.0 Å². The summed E-state index contributed by atoms with van der Waals surface area (Å²) in [5, 5.41) is 0. The molecule has 0 N–H and O–H groups in total. The van der Waals surface area contributed by atoms with Gasteiger partial charge in [0.2, 0.25) is 10.0 Å². The van der Waals surface area contributed by atoms with Crippen LogP contribution < -0.4 is 4.74 Å². The van der Waals surface area contributed by atoms with E-state index in [2.05, 4.69) is 4.98 Å². The first kappa shape index (κ1) is 18.2. The van der Waals surface area contributed by atoms with Gasteiger partial charge in [0.25, 0.3) is 0 Å². The standard InChI is InChI=1S/C19H20N2O4S/c1-15-12-17(24-2)8-9-19(15)26(22,23)21(14-18-7-5-11-25-18)13-16-6-3-4-10-20-16/h3-12H,13-14H2,1-2H3. The first-order chi connectivity index (χ1) is 12.5. The number of rotatable bonds is 7. The lowest BCUT2D eigenvalue weighted by Crippen LogP contribution is -2.31. The van der Waals surface area contributed by atoms with Crippen molar-refractivity contribution in [2.75, 3.05) is 7.11 Å². The SMILES string of the molecule is COc1ccc(S(=O)(=O)N(Cc2ccccn2)Cc2ccco2)c(C)c1. The summed E-state index contributed by atoms with van der Waals surface area (Å²) in [4.78, 5) is 4.48. The first-order valence-electron chi connectivity index (χ1n) is 8.08. The highest BCUT2D eigenvalue weighted by molar-refractivity contribution is 7.89. The average molecular weight is 372 g/mol. The predicted octanol–water partition coefficient (Wildman–Crippen LogP) is 3.38. The van der Waals surface area contributed by atoms with Crippen LogP contribution in [0.15, 0.2) is 70.3 Å². The van der Waals surface area contributed by atoms with Crippen molar-refractivity contribution in [2.24, 2.45) is 0 Å². The van der Waals surface area contributed by atoms with Crippen molar-refractivity contribution in [1.29, 1.82) is 0 Å². The van der Waals surface area contributed by atoms with Crippen LogP contribution in [-0.4, -0.2) is 24.8 Å². The number of aromatic nitrogens is 1. The zero-order valence-corrected chi connectivity index (χ0v) is 15.4. The van der Waals surface area contributed by atoms with Crippen LogP contribution >= 0.6 is 0 Å². The number of hydrogen-bond donors (Lipinski definition) is 0. The van der Waals surface area contributed by atoms with Gasteiger partial charge in [0.05, 0.1) is 37.1 Å². The number of furan rings is 1. The van der Waals surface area contributed by atoms with E-state index in [4.69, 9.17) is 9.15 Å². The quantitative estimate of drug-likeness (QED) is 0.636. The smallest absolute Gasteiger partial charge is 0.244 e. The molecule has 0 saturated heterocycles. The summed E-state index contributed by atoms with van der Waals surface area (Å²) in [5.74, 6) is 1.18. The normalized spacial score (nSPS) is 11.7. The molecular formula is C19H20N2O4S. The van der Waals surface area contributed by atoms with Crippen LogP contribution in [0.2, 0.25) is 0 Å². The molecule has 26 heavy (non-hydrogen) atoms. The molecule has 1 aromatic carbocycles. The summed E-state index contributed by atoms with van der Waals surface area (Å²) in [7, 11) is -2.20. The van der Waals surface area contributed by atoms with Crippen molar-refractivity contribution in [3.63, 3.8) is 0 Å². The average Bonchev–Trinajstić information content (AvgIpc) is 3.15. The predicted molar refractivity (Wildman–Crippen MR) is 97.1 cm³/mol. The molecule has 0 aliphatic heterocycles. The van der Waals surface area contributed by atoms with Gasteiger partial charge in [0.1, 0.15) is 11.5 Å². The second-order valence-corrected chi connectivity index (χ2v) is 7.71. The van der Waals surface area contributed by atoms with Crippen molar-refractivity contribution in [3.05, 3.63) is 78.0 Å². The highest BCUT2D eigenvalue weighted by Gasteiger charge is 2.27. The molecule has 0 aliphatic rings. The molecule has 0 atom stereocenters. The number of benzene rings is 1. The van der Waals surface area contributed by atoms with Gasteiger partial charge in [-0.1, -0.05) is 6.07 Å². The molecule has 0 spiro atoms. The number of ether oxygens (including phenoxy) is 1.